The molecule has 0 amide bonds. The second kappa shape index (κ2) is 8.79. The number of fused-ring (bicyclic) bond motifs is 10. The molecule has 2 atom stereocenters. The van der Waals surface area contributed by atoms with Crippen LogP contribution >= 0.6 is 0 Å². The number of benzene rings is 4. The third-order valence-electron chi connectivity index (χ3n) is 11.0. The van der Waals surface area contributed by atoms with Gasteiger partial charge in [-0.05, 0) is 93.0 Å². The van der Waals surface area contributed by atoms with E-state index in [0.717, 1.165) is 19.3 Å². The third-order valence-corrected chi connectivity index (χ3v) is 11.0. The SMILES string of the molecule is C=CC1=C(C=C)C2(CC13CC1(c4ccccc4-c4ccccc41)c1ccccc13)C(/C=C\C)=C(CC)c1ccccc12. The van der Waals surface area contributed by atoms with Crippen molar-refractivity contribution >= 4 is 5.57 Å². The lowest BCUT2D eigenvalue weighted by Crippen LogP contribution is -2.33. The van der Waals surface area contributed by atoms with Crippen LogP contribution in [0.3, 0.4) is 0 Å². The van der Waals surface area contributed by atoms with Gasteiger partial charge in [0.2, 0.25) is 0 Å². The summed E-state index contributed by atoms with van der Waals surface area (Å²) in [5.74, 6) is 0. The number of rotatable bonds is 4. The van der Waals surface area contributed by atoms with Crippen molar-refractivity contribution in [1.29, 1.82) is 0 Å². The Hall–Kier alpha value is -4.42. The monoisotopic (exact) mass is 540 g/mol. The summed E-state index contributed by atoms with van der Waals surface area (Å²) >= 11 is 0. The van der Waals surface area contributed by atoms with E-state index < -0.39 is 0 Å². The van der Waals surface area contributed by atoms with Crippen molar-refractivity contribution in [3.8, 4) is 11.1 Å². The van der Waals surface area contributed by atoms with Crippen molar-refractivity contribution in [2.24, 2.45) is 0 Å². The first kappa shape index (κ1) is 25.3. The van der Waals surface area contributed by atoms with Gasteiger partial charge in [-0.15, -0.1) is 0 Å². The van der Waals surface area contributed by atoms with Gasteiger partial charge in [0.25, 0.3) is 0 Å². The van der Waals surface area contributed by atoms with Crippen LogP contribution in [0.4, 0.5) is 0 Å². The van der Waals surface area contributed by atoms with Crippen molar-refractivity contribution in [3.05, 3.63) is 185 Å². The van der Waals surface area contributed by atoms with E-state index >= 15 is 0 Å². The highest BCUT2D eigenvalue weighted by molar-refractivity contribution is 5.89. The molecule has 0 aromatic heterocycles. The lowest BCUT2D eigenvalue weighted by atomic mass is 9.65. The van der Waals surface area contributed by atoms with Gasteiger partial charge in [0.05, 0.1) is 0 Å². The molecule has 0 N–H and O–H groups in total. The Morgan fingerprint density at radius 3 is 1.60 bits per heavy atom. The summed E-state index contributed by atoms with van der Waals surface area (Å²) in [6, 6.07) is 36.7. The predicted molar refractivity (Wildman–Crippen MR) is 177 cm³/mol. The maximum Gasteiger partial charge on any atom is 0.0478 e. The molecule has 0 saturated carbocycles. The molecule has 0 heterocycles. The van der Waals surface area contributed by atoms with Crippen LogP contribution in [0, 0.1) is 0 Å². The molecule has 42 heavy (non-hydrogen) atoms. The Labute approximate surface area is 250 Å². The van der Waals surface area contributed by atoms with Gasteiger partial charge >= 0.3 is 0 Å². The van der Waals surface area contributed by atoms with Crippen LogP contribution in [-0.2, 0) is 16.2 Å². The molecule has 4 aliphatic carbocycles. The van der Waals surface area contributed by atoms with Gasteiger partial charge in [0, 0.05) is 16.2 Å². The quantitative estimate of drug-likeness (QED) is 0.241. The zero-order chi connectivity index (χ0) is 28.7. The second-order valence-corrected chi connectivity index (χ2v) is 12.4. The van der Waals surface area contributed by atoms with Crippen molar-refractivity contribution in [1.82, 2.24) is 0 Å². The van der Waals surface area contributed by atoms with Gasteiger partial charge in [-0.2, -0.15) is 0 Å². The van der Waals surface area contributed by atoms with Crippen LogP contribution in [0.25, 0.3) is 16.7 Å². The first-order valence-electron chi connectivity index (χ1n) is 15.4. The summed E-state index contributed by atoms with van der Waals surface area (Å²) in [5, 5.41) is 0. The Bertz CT molecular complexity index is 1880. The highest BCUT2D eigenvalue weighted by atomic mass is 14.7. The van der Waals surface area contributed by atoms with Crippen LogP contribution in [0.1, 0.15) is 66.5 Å². The van der Waals surface area contributed by atoms with Gasteiger partial charge in [0.1, 0.15) is 0 Å². The van der Waals surface area contributed by atoms with E-state index in [1.165, 1.54) is 66.8 Å². The van der Waals surface area contributed by atoms with Crippen LogP contribution in [-0.4, -0.2) is 0 Å². The molecular formula is C42H36. The molecular weight excluding hydrogens is 504 g/mol. The molecule has 0 fully saturated rings. The predicted octanol–water partition coefficient (Wildman–Crippen LogP) is 10.4. The highest BCUT2D eigenvalue weighted by Crippen LogP contribution is 2.72. The molecule has 8 rings (SSSR count). The van der Waals surface area contributed by atoms with Crippen molar-refractivity contribution < 1.29 is 0 Å². The maximum atomic E-state index is 4.52. The fourth-order valence-electron chi connectivity index (χ4n) is 9.78. The molecule has 4 aromatic rings. The average molecular weight is 541 g/mol. The minimum atomic E-state index is -0.268. The molecule has 0 saturated heterocycles. The molecule has 0 nitrogen and oxygen atoms in total. The van der Waals surface area contributed by atoms with Crippen LogP contribution < -0.4 is 0 Å². The Kier molecular flexibility index (Phi) is 5.30. The molecule has 204 valence electrons. The van der Waals surface area contributed by atoms with E-state index in [4.69, 9.17) is 0 Å². The van der Waals surface area contributed by atoms with E-state index in [2.05, 4.69) is 148 Å². The first-order chi connectivity index (χ1) is 20.6. The van der Waals surface area contributed by atoms with Crippen molar-refractivity contribution in [3.63, 3.8) is 0 Å². The van der Waals surface area contributed by atoms with E-state index in [0.29, 0.717) is 0 Å². The number of hydrogen-bond donors (Lipinski definition) is 0. The van der Waals surface area contributed by atoms with Crippen LogP contribution in [0.5, 0.6) is 0 Å². The van der Waals surface area contributed by atoms with Crippen molar-refractivity contribution in [2.45, 2.75) is 49.4 Å². The van der Waals surface area contributed by atoms with E-state index in [9.17, 15) is 0 Å². The molecule has 0 radical (unpaired) electrons. The molecule has 3 spiro atoms. The Morgan fingerprint density at radius 1 is 0.571 bits per heavy atom. The summed E-state index contributed by atoms with van der Waals surface area (Å²) in [6.45, 7) is 13.5. The first-order valence-corrected chi connectivity index (χ1v) is 15.4. The van der Waals surface area contributed by atoms with E-state index in [1.807, 2.05) is 0 Å². The lowest BCUT2D eigenvalue weighted by molar-refractivity contribution is 0.395. The van der Waals surface area contributed by atoms with Gasteiger partial charge in [-0.3, -0.25) is 0 Å². The fraction of sp³-hybridized carbons (Fsp3) is 0.190. The summed E-state index contributed by atoms with van der Waals surface area (Å²) in [6.07, 6.45) is 11.9. The minimum absolute atomic E-state index is 0.213. The van der Waals surface area contributed by atoms with Gasteiger partial charge in [0.15, 0.2) is 0 Å². The Balaban J connectivity index is 1.48. The zero-order valence-electron chi connectivity index (χ0n) is 24.6. The van der Waals surface area contributed by atoms with E-state index in [1.54, 1.807) is 0 Å². The third kappa shape index (κ3) is 2.74. The molecule has 0 heteroatoms. The summed E-state index contributed by atoms with van der Waals surface area (Å²) in [4.78, 5) is 0. The normalized spacial score (nSPS) is 24.1. The molecule has 4 aromatic carbocycles. The molecule has 4 aliphatic rings. The largest absolute Gasteiger partial charge is 0.0987 e. The smallest absolute Gasteiger partial charge is 0.0478 e. The maximum absolute atomic E-state index is 4.52. The summed E-state index contributed by atoms with van der Waals surface area (Å²) in [5.41, 5.74) is 16.2. The minimum Gasteiger partial charge on any atom is -0.0987 e. The van der Waals surface area contributed by atoms with Crippen LogP contribution in [0.15, 0.2) is 151 Å². The number of allylic oxidation sites excluding steroid dienone is 8. The standard InChI is InChI=1S/C42H36/c1-5-17-34-28(6-2)29-18-9-12-21-35(29)41(34)26-40(32(7-3)33(41)8-4)27-42(39-25-16-15-24-38(39)40)36-22-13-10-19-30(36)31-20-11-14-23-37(31)42/h5,7-25H,3-4,6,26-27H2,1-2H3/b17-5-. The topological polar surface area (TPSA) is 0 Å². The van der Waals surface area contributed by atoms with Gasteiger partial charge in [-0.1, -0.05) is 141 Å². The van der Waals surface area contributed by atoms with Crippen molar-refractivity contribution in [2.75, 3.05) is 0 Å². The number of hydrogen-bond acceptors (Lipinski definition) is 0. The summed E-state index contributed by atoms with van der Waals surface area (Å²) < 4.78 is 0. The fourth-order valence-corrected chi connectivity index (χ4v) is 9.78. The van der Waals surface area contributed by atoms with Crippen LogP contribution in [0.2, 0.25) is 0 Å². The molecule has 0 bridgehead atoms. The highest BCUT2D eigenvalue weighted by Gasteiger charge is 2.65. The second-order valence-electron chi connectivity index (χ2n) is 12.4. The lowest BCUT2D eigenvalue weighted by Gasteiger charge is -2.36. The average Bonchev–Trinajstić information content (AvgIpc) is 3.69. The zero-order valence-corrected chi connectivity index (χ0v) is 24.6. The van der Waals surface area contributed by atoms with Gasteiger partial charge < -0.3 is 0 Å². The van der Waals surface area contributed by atoms with Gasteiger partial charge in [-0.25, -0.2) is 0 Å². The molecule has 2 unspecified atom stereocenters. The molecule has 0 aliphatic heterocycles. The summed E-state index contributed by atoms with van der Waals surface area (Å²) in [7, 11) is 0. The Morgan fingerprint density at radius 2 is 1.05 bits per heavy atom. The van der Waals surface area contributed by atoms with E-state index in [-0.39, 0.29) is 16.2 Å².